The van der Waals surface area contributed by atoms with Gasteiger partial charge >= 0.3 is 5.97 Å². The third-order valence-electron chi connectivity index (χ3n) is 4.64. The van der Waals surface area contributed by atoms with Crippen molar-refractivity contribution in [1.82, 2.24) is 0 Å². The highest BCUT2D eigenvalue weighted by atomic mass is 16.5. The lowest BCUT2D eigenvalue weighted by Gasteiger charge is -2.20. The molecule has 1 amide bonds. The zero-order valence-corrected chi connectivity index (χ0v) is 16.1. The molecule has 1 saturated heterocycles. The number of carbonyl (C=O) groups is 2. The molecule has 1 unspecified atom stereocenters. The van der Waals surface area contributed by atoms with E-state index in [0.29, 0.717) is 48.1 Å². The monoisotopic (exact) mass is 385 g/mol. The number of hydrogen-bond donors (Lipinski definition) is 0. The number of ether oxygens (including phenoxy) is 4. The van der Waals surface area contributed by atoms with Gasteiger partial charge in [0.1, 0.15) is 17.2 Å². The van der Waals surface area contributed by atoms with Gasteiger partial charge in [0.25, 0.3) is 0 Å². The Kier molecular flexibility index (Phi) is 6.03. The van der Waals surface area contributed by atoms with Gasteiger partial charge in [-0.15, -0.1) is 0 Å². The number of methoxy groups -OCH3 is 3. The first-order valence-electron chi connectivity index (χ1n) is 8.89. The van der Waals surface area contributed by atoms with Crippen molar-refractivity contribution in [1.29, 1.82) is 0 Å². The van der Waals surface area contributed by atoms with Gasteiger partial charge in [-0.1, -0.05) is 0 Å². The third-order valence-corrected chi connectivity index (χ3v) is 4.64. The first kappa shape index (κ1) is 19.5. The molecule has 7 heteroatoms. The van der Waals surface area contributed by atoms with Crippen molar-refractivity contribution in [2.24, 2.45) is 5.92 Å². The zero-order chi connectivity index (χ0) is 20.1. The topological polar surface area (TPSA) is 74.3 Å². The largest absolute Gasteiger partial charge is 0.497 e. The molecule has 0 spiro atoms. The lowest BCUT2D eigenvalue weighted by atomic mass is 10.1. The van der Waals surface area contributed by atoms with Gasteiger partial charge in [0.15, 0.2) is 0 Å². The van der Waals surface area contributed by atoms with E-state index in [-0.39, 0.29) is 11.8 Å². The van der Waals surface area contributed by atoms with Gasteiger partial charge in [-0.3, -0.25) is 4.79 Å². The fourth-order valence-electron chi connectivity index (χ4n) is 3.15. The fourth-order valence-corrected chi connectivity index (χ4v) is 3.15. The summed E-state index contributed by atoms with van der Waals surface area (Å²) in [5.74, 6) is 1.58. The number of hydrogen-bond acceptors (Lipinski definition) is 6. The van der Waals surface area contributed by atoms with Crippen LogP contribution in [0.25, 0.3) is 0 Å². The van der Waals surface area contributed by atoms with Crippen molar-refractivity contribution in [3.8, 4) is 17.2 Å². The molecule has 28 heavy (non-hydrogen) atoms. The zero-order valence-electron chi connectivity index (χ0n) is 16.1. The van der Waals surface area contributed by atoms with Gasteiger partial charge in [-0.25, -0.2) is 4.79 Å². The van der Waals surface area contributed by atoms with Crippen molar-refractivity contribution >= 4 is 17.6 Å². The predicted molar refractivity (Wildman–Crippen MR) is 103 cm³/mol. The van der Waals surface area contributed by atoms with Crippen LogP contribution in [0.5, 0.6) is 17.2 Å². The lowest BCUT2D eigenvalue weighted by molar-refractivity contribution is -0.117. The minimum Gasteiger partial charge on any atom is -0.497 e. The Morgan fingerprint density at radius 1 is 1.04 bits per heavy atom. The summed E-state index contributed by atoms with van der Waals surface area (Å²) in [5.41, 5.74) is 1.15. The Morgan fingerprint density at radius 2 is 1.75 bits per heavy atom. The molecule has 1 heterocycles. The molecule has 148 valence electrons. The molecule has 2 aromatic rings. The Morgan fingerprint density at radius 3 is 2.39 bits per heavy atom. The van der Waals surface area contributed by atoms with E-state index < -0.39 is 5.97 Å². The Labute approximate surface area is 163 Å². The minimum atomic E-state index is -0.393. The predicted octanol–water partition coefficient (Wildman–Crippen LogP) is 2.92. The summed E-state index contributed by atoms with van der Waals surface area (Å²) < 4.78 is 21.1. The van der Waals surface area contributed by atoms with E-state index in [1.165, 1.54) is 7.11 Å². The van der Waals surface area contributed by atoms with Gasteiger partial charge in [0, 0.05) is 24.9 Å². The number of carbonyl (C=O) groups excluding carboxylic acids is 2. The van der Waals surface area contributed by atoms with Crippen molar-refractivity contribution in [2.75, 3.05) is 39.4 Å². The average molecular weight is 385 g/mol. The van der Waals surface area contributed by atoms with E-state index >= 15 is 0 Å². The van der Waals surface area contributed by atoms with Crippen molar-refractivity contribution in [3.05, 3.63) is 48.0 Å². The van der Waals surface area contributed by atoms with E-state index in [1.54, 1.807) is 61.6 Å². The molecule has 0 bridgehead atoms. The highest BCUT2D eigenvalue weighted by Crippen LogP contribution is 2.36. The molecular weight excluding hydrogens is 362 g/mol. The summed E-state index contributed by atoms with van der Waals surface area (Å²) in [6, 6.07) is 12.1. The summed E-state index contributed by atoms with van der Waals surface area (Å²) in [5, 5.41) is 0. The molecule has 1 atom stereocenters. The summed E-state index contributed by atoms with van der Waals surface area (Å²) in [4.78, 5) is 25.7. The van der Waals surface area contributed by atoms with Crippen LogP contribution in [0, 0.1) is 5.92 Å². The summed E-state index contributed by atoms with van der Waals surface area (Å²) in [6.45, 7) is 0.925. The van der Waals surface area contributed by atoms with E-state index in [1.807, 2.05) is 0 Å². The SMILES string of the molecule is COC(=O)c1ccc(OCC2CC(=O)N(c3cc(OC)ccc3OC)C2)cc1. The Bertz CT molecular complexity index is 848. The van der Waals surface area contributed by atoms with Crippen LogP contribution in [0.1, 0.15) is 16.8 Å². The van der Waals surface area contributed by atoms with E-state index in [0.717, 1.165) is 0 Å². The van der Waals surface area contributed by atoms with Crippen LogP contribution in [0.3, 0.4) is 0 Å². The number of amides is 1. The van der Waals surface area contributed by atoms with Gasteiger partial charge in [-0.05, 0) is 36.4 Å². The maximum absolute atomic E-state index is 12.5. The summed E-state index contributed by atoms with van der Waals surface area (Å²) in [7, 11) is 4.50. The second kappa shape index (κ2) is 8.65. The number of benzene rings is 2. The molecule has 1 aliphatic heterocycles. The molecule has 0 aliphatic carbocycles. The average Bonchev–Trinajstić information content (AvgIpc) is 3.11. The molecular formula is C21H23NO6. The van der Waals surface area contributed by atoms with Crippen LogP contribution in [0.2, 0.25) is 0 Å². The Hall–Kier alpha value is -3.22. The maximum Gasteiger partial charge on any atom is 0.337 e. The van der Waals surface area contributed by atoms with Crippen LogP contribution < -0.4 is 19.1 Å². The normalized spacial score (nSPS) is 16.0. The summed E-state index contributed by atoms with van der Waals surface area (Å²) in [6.07, 6.45) is 0.389. The van der Waals surface area contributed by atoms with Crippen molar-refractivity contribution in [3.63, 3.8) is 0 Å². The molecule has 7 nitrogen and oxygen atoms in total. The number of esters is 1. The van der Waals surface area contributed by atoms with Crippen LogP contribution >= 0.6 is 0 Å². The fraction of sp³-hybridized carbons (Fsp3) is 0.333. The maximum atomic E-state index is 12.5. The molecule has 1 aliphatic rings. The number of rotatable bonds is 7. The molecule has 2 aromatic carbocycles. The quantitative estimate of drug-likeness (QED) is 0.683. The number of anilines is 1. The van der Waals surface area contributed by atoms with Crippen LogP contribution in [0.4, 0.5) is 5.69 Å². The van der Waals surface area contributed by atoms with Crippen molar-refractivity contribution in [2.45, 2.75) is 6.42 Å². The van der Waals surface area contributed by atoms with Gasteiger partial charge in [0.2, 0.25) is 5.91 Å². The highest BCUT2D eigenvalue weighted by molar-refractivity contribution is 5.97. The molecule has 0 aromatic heterocycles. The van der Waals surface area contributed by atoms with E-state index in [2.05, 4.69) is 4.74 Å². The molecule has 0 radical (unpaired) electrons. The van der Waals surface area contributed by atoms with E-state index in [4.69, 9.17) is 14.2 Å². The smallest absolute Gasteiger partial charge is 0.337 e. The standard InChI is InChI=1S/C21H23NO6/c1-25-17-8-9-19(26-2)18(11-17)22-12-14(10-20(22)23)13-28-16-6-4-15(5-7-16)21(24)27-3/h4-9,11,14H,10,12-13H2,1-3H3. The number of nitrogens with zero attached hydrogens (tertiary/aromatic N) is 1. The Balaban J connectivity index is 1.64. The molecule has 3 rings (SSSR count). The first-order chi connectivity index (χ1) is 13.5. The third kappa shape index (κ3) is 4.19. The van der Waals surface area contributed by atoms with Crippen molar-refractivity contribution < 1.29 is 28.5 Å². The highest BCUT2D eigenvalue weighted by Gasteiger charge is 2.33. The summed E-state index contributed by atoms with van der Waals surface area (Å²) >= 11 is 0. The molecule has 0 N–H and O–H groups in total. The van der Waals surface area contributed by atoms with Crippen LogP contribution in [-0.4, -0.2) is 46.4 Å². The second-order valence-corrected chi connectivity index (χ2v) is 6.44. The first-order valence-corrected chi connectivity index (χ1v) is 8.89. The minimum absolute atomic E-state index is 0.0150. The second-order valence-electron chi connectivity index (χ2n) is 6.44. The van der Waals surface area contributed by atoms with Crippen LogP contribution in [-0.2, 0) is 9.53 Å². The van der Waals surface area contributed by atoms with E-state index in [9.17, 15) is 9.59 Å². The van der Waals surface area contributed by atoms with Gasteiger partial charge < -0.3 is 23.8 Å². The lowest BCUT2D eigenvalue weighted by Crippen LogP contribution is -2.25. The van der Waals surface area contributed by atoms with Gasteiger partial charge in [-0.2, -0.15) is 0 Å². The molecule has 0 saturated carbocycles. The van der Waals surface area contributed by atoms with Crippen LogP contribution in [0.15, 0.2) is 42.5 Å². The van der Waals surface area contributed by atoms with Gasteiger partial charge in [0.05, 0.1) is 39.2 Å². The molecule has 1 fully saturated rings.